The minimum atomic E-state index is 0.596. The quantitative estimate of drug-likeness (QED) is 0.157. The van der Waals surface area contributed by atoms with Crippen molar-refractivity contribution in [2.75, 3.05) is 12.0 Å². The summed E-state index contributed by atoms with van der Waals surface area (Å²) in [6.45, 7) is 1.43. The van der Waals surface area contributed by atoms with E-state index in [0.29, 0.717) is 11.6 Å². The summed E-state index contributed by atoms with van der Waals surface area (Å²) in [7, 11) is 0. The molecule has 0 aliphatic heterocycles. The standard InChI is InChI=1S/C25H21ClN4OS/c26-20-9-2-5-12-23(20)31-15-7-14-30-17-18(19-8-1-4-11-22(19)30)16-27-29-25-28-21-10-3-6-13-24(21)32-25/h1-6,8-13,16-17H,7,14-15H2,(H,28,29)/b27-16-. The van der Waals surface area contributed by atoms with Crippen LogP contribution in [0.5, 0.6) is 5.75 Å². The van der Waals surface area contributed by atoms with Crippen LogP contribution in [0.4, 0.5) is 5.13 Å². The first-order valence-corrected chi connectivity index (χ1v) is 11.6. The average Bonchev–Trinajstić information content (AvgIpc) is 3.39. The number of anilines is 1. The van der Waals surface area contributed by atoms with Gasteiger partial charge in [-0.3, -0.25) is 5.43 Å². The molecule has 32 heavy (non-hydrogen) atoms. The Bertz CT molecular complexity index is 1360. The molecule has 7 heteroatoms. The summed E-state index contributed by atoms with van der Waals surface area (Å²) in [4.78, 5) is 4.56. The molecule has 0 bridgehead atoms. The molecule has 160 valence electrons. The fourth-order valence-electron chi connectivity index (χ4n) is 3.62. The normalized spacial score (nSPS) is 11.5. The van der Waals surface area contributed by atoms with Crippen LogP contribution in [-0.4, -0.2) is 22.4 Å². The van der Waals surface area contributed by atoms with Crippen molar-refractivity contribution in [3.63, 3.8) is 0 Å². The monoisotopic (exact) mass is 460 g/mol. The highest BCUT2D eigenvalue weighted by Crippen LogP contribution is 2.26. The van der Waals surface area contributed by atoms with Crippen molar-refractivity contribution in [3.05, 3.63) is 89.6 Å². The Morgan fingerprint density at radius 3 is 2.75 bits per heavy atom. The van der Waals surface area contributed by atoms with Gasteiger partial charge in [-0.1, -0.05) is 65.4 Å². The lowest BCUT2D eigenvalue weighted by Gasteiger charge is -2.09. The van der Waals surface area contributed by atoms with Gasteiger partial charge >= 0.3 is 0 Å². The van der Waals surface area contributed by atoms with Gasteiger partial charge in [-0.05, 0) is 36.8 Å². The molecule has 5 rings (SSSR count). The Morgan fingerprint density at radius 1 is 1.03 bits per heavy atom. The predicted molar refractivity (Wildman–Crippen MR) is 134 cm³/mol. The van der Waals surface area contributed by atoms with Gasteiger partial charge in [0.15, 0.2) is 0 Å². The Hall–Kier alpha value is -3.35. The number of para-hydroxylation sites is 3. The van der Waals surface area contributed by atoms with Crippen LogP contribution in [0.1, 0.15) is 12.0 Å². The van der Waals surface area contributed by atoms with E-state index in [1.54, 1.807) is 11.3 Å². The predicted octanol–water partition coefficient (Wildman–Crippen LogP) is 6.82. The third-order valence-corrected chi connectivity index (χ3v) is 6.37. The fraction of sp³-hybridized carbons (Fsp3) is 0.120. The van der Waals surface area contributed by atoms with Crippen LogP contribution in [0.25, 0.3) is 21.1 Å². The highest BCUT2D eigenvalue weighted by Gasteiger charge is 2.07. The van der Waals surface area contributed by atoms with Gasteiger partial charge < -0.3 is 9.30 Å². The molecule has 2 heterocycles. The molecule has 3 aromatic carbocycles. The maximum absolute atomic E-state index is 6.16. The number of nitrogens with zero attached hydrogens (tertiary/aromatic N) is 3. The molecule has 0 unspecified atom stereocenters. The lowest BCUT2D eigenvalue weighted by atomic mass is 10.2. The molecule has 1 N–H and O–H groups in total. The second-order valence-electron chi connectivity index (χ2n) is 7.28. The van der Waals surface area contributed by atoms with Gasteiger partial charge in [0.25, 0.3) is 0 Å². The number of thiazole rings is 1. The van der Waals surface area contributed by atoms with E-state index in [0.717, 1.165) is 45.0 Å². The molecule has 5 aromatic rings. The average molecular weight is 461 g/mol. The van der Waals surface area contributed by atoms with Gasteiger partial charge in [0.1, 0.15) is 5.75 Å². The van der Waals surface area contributed by atoms with Crippen LogP contribution in [-0.2, 0) is 6.54 Å². The summed E-state index contributed by atoms with van der Waals surface area (Å²) in [5, 5.41) is 7.02. The fourth-order valence-corrected chi connectivity index (χ4v) is 4.62. The van der Waals surface area contributed by atoms with Crippen LogP contribution in [0.15, 0.2) is 84.1 Å². The molecule has 2 aromatic heterocycles. The first-order chi connectivity index (χ1) is 15.8. The summed E-state index contributed by atoms with van der Waals surface area (Å²) < 4.78 is 9.21. The topological polar surface area (TPSA) is 51.4 Å². The Labute approximate surface area is 194 Å². The Balaban J connectivity index is 1.26. The van der Waals surface area contributed by atoms with Gasteiger partial charge in [-0.2, -0.15) is 5.10 Å². The molecule has 0 radical (unpaired) electrons. The number of aromatic nitrogens is 2. The number of benzene rings is 3. The molecule has 0 atom stereocenters. The van der Waals surface area contributed by atoms with E-state index in [4.69, 9.17) is 16.3 Å². The van der Waals surface area contributed by atoms with E-state index >= 15 is 0 Å². The lowest BCUT2D eigenvalue weighted by Crippen LogP contribution is -2.04. The summed E-state index contributed by atoms with van der Waals surface area (Å²) >= 11 is 7.75. The van der Waals surface area contributed by atoms with Crippen LogP contribution < -0.4 is 10.2 Å². The molecule has 0 spiro atoms. The lowest BCUT2D eigenvalue weighted by molar-refractivity contribution is 0.303. The molecule has 5 nitrogen and oxygen atoms in total. The zero-order valence-corrected chi connectivity index (χ0v) is 18.8. The Morgan fingerprint density at radius 2 is 1.84 bits per heavy atom. The van der Waals surface area contributed by atoms with Crippen molar-refractivity contribution < 1.29 is 4.74 Å². The van der Waals surface area contributed by atoms with Crippen molar-refractivity contribution >= 4 is 55.4 Å². The number of fused-ring (bicyclic) bond motifs is 2. The second-order valence-corrected chi connectivity index (χ2v) is 8.72. The molecule has 0 fully saturated rings. The first kappa shape index (κ1) is 20.5. The number of halogens is 1. The largest absolute Gasteiger partial charge is 0.492 e. The van der Waals surface area contributed by atoms with Gasteiger partial charge in [0, 0.05) is 29.2 Å². The van der Waals surface area contributed by atoms with Crippen molar-refractivity contribution in [1.82, 2.24) is 9.55 Å². The third-order valence-electron chi connectivity index (χ3n) is 5.11. The number of hydrogen-bond donors (Lipinski definition) is 1. The maximum Gasteiger partial charge on any atom is 0.204 e. The van der Waals surface area contributed by atoms with Crippen LogP contribution >= 0.6 is 22.9 Å². The summed E-state index contributed by atoms with van der Waals surface area (Å²) in [6.07, 6.45) is 4.85. The maximum atomic E-state index is 6.16. The van der Waals surface area contributed by atoms with Crippen LogP contribution in [0.2, 0.25) is 5.02 Å². The van der Waals surface area contributed by atoms with Crippen LogP contribution in [0, 0.1) is 0 Å². The smallest absolute Gasteiger partial charge is 0.204 e. The van der Waals surface area contributed by atoms with E-state index in [9.17, 15) is 0 Å². The molecular weight excluding hydrogens is 440 g/mol. The molecule has 0 aliphatic rings. The third kappa shape index (κ3) is 4.47. The second kappa shape index (κ2) is 9.42. The van der Waals surface area contributed by atoms with Crippen LogP contribution in [0.3, 0.4) is 0 Å². The molecule has 0 saturated heterocycles. The van der Waals surface area contributed by atoms with E-state index in [1.807, 2.05) is 54.7 Å². The van der Waals surface area contributed by atoms with E-state index in [1.165, 1.54) is 5.52 Å². The summed E-state index contributed by atoms with van der Waals surface area (Å²) in [5.41, 5.74) is 6.27. The zero-order chi connectivity index (χ0) is 21.8. The van der Waals surface area contributed by atoms with E-state index in [-0.39, 0.29) is 0 Å². The molecule has 0 amide bonds. The first-order valence-electron chi connectivity index (χ1n) is 10.4. The van der Waals surface area contributed by atoms with E-state index < -0.39 is 0 Å². The summed E-state index contributed by atoms with van der Waals surface area (Å²) in [6, 6.07) is 24.0. The number of ether oxygens (including phenoxy) is 1. The minimum Gasteiger partial charge on any atom is -0.492 e. The number of aryl methyl sites for hydroxylation is 1. The van der Waals surface area contributed by atoms with Crippen molar-refractivity contribution in [3.8, 4) is 5.75 Å². The van der Waals surface area contributed by atoms with Gasteiger partial charge in [-0.15, -0.1) is 0 Å². The van der Waals surface area contributed by atoms with Gasteiger partial charge in [-0.25, -0.2) is 4.98 Å². The Kier molecular flexibility index (Phi) is 6.05. The van der Waals surface area contributed by atoms with Crippen molar-refractivity contribution in [1.29, 1.82) is 0 Å². The van der Waals surface area contributed by atoms with Crippen molar-refractivity contribution in [2.24, 2.45) is 5.10 Å². The SMILES string of the molecule is Clc1ccccc1OCCCn1cc(/C=N\Nc2nc3ccccc3s2)c2ccccc21. The van der Waals surface area contributed by atoms with Gasteiger partial charge in [0.2, 0.25) is 5.13 Å². The molecular formula is C25H21ClN4OS. The molecule has 0 aliphatic carbocycles. The van der Waals surface area contributed by atoms with E-state index in [2.05, 4.69) is 50.5 Å². The number of hydrazone groups is 1. The number of rotatable bonds is 8. The summed E-state index contributed by atoms with van der Waals surface area (Å²) in [5.74, 6) is 0.722. The zero-order valence-electron chi connectivity index (χ0n) is 17.2. The molecule has 0 saturated carbocycles. The number of hydrogen-bond acceptors (Lipinski definition) is 5. The highest BCUT2D eigenvalue weighted by atomic mass is 35.5. The van der Waals surface area contributed by atoms with Gasteiger partial charge in [0.05, 0.1) is 28.1 Å². The highest BCUT2D eigenvalue weighted by molar-refractivity contribution is 7.22. The number of nitrogens with one attached hydrogen (secondary N) is 1. The minimum absolute atomic E-state index is 0.596. The van der Waals surface area contributed by atoms with Crippen molar-refractivity contribution in [2.45, 2.75) is 13.0 Å².